The molecule has 0 aromatic heterocycles. The number of hydrazone groups is 1. The van der Waals surface area contributed by atoms with Gasteiger partial charge in [-0.2, -0.15) is 5.10 Å². The molecule has 102 valence electrons. The van der Waals surface area contributed by atoms with Crippen molar-refractivity contribution in [2.75, 3.05) is 5.43 Å². The number of phenols is 1. The maximum atomic E-state index is 10.7. The summed E-state index contributed by atoms with van der Waals surface area (Å²) in [6, 6.07) is 11.7. The second-order valence-corrected chi connectivity index (χ2v) is 4.24. The van der Waals surface area contributed by atoms with Crippen molar-refractivity contribution in [3.8, 4) is 5.75 Å². The lowest BCUT2D eigenvalue weighted by molar-refractivity contribution is -0.385. The summed E-state index contributed by atoms with van der Waals surface area (Å²) in [4.78, 5) is 10.0. The average molecular weight is 271 g/mol. The third-order valence-electron chi connectivity index (χ3n) is 2.66. The molecule has 0 aliphatic heterocycles. The third-order valence-corrected chi connectivity index (χ3v) is 2.66. The van der Waals surface area contributed by atoms with Crippen molar-refractivity contribution in [3.05, 3.63) is 63.7 Å². The highest BCUT2D eigenvalue weighted by Gasteiger charge is 2.12. The Morgan fingerprint density at radius 1 is 1.25 bits per heavy atom. The third kappa shape index (κ3) is 3.32. The second-order valence-electron chi connectivity index (χ2n) is 4.24. The number of hydrogen-bond acceptors (Lipinski definition) is 5. The number of aryl methyl sites for hydroxylation is 1. The summed E-state index contributed by atoms with van der Waals surface area (Å²) in [6.45, 7) is 1.99. The van der Waals surface area contributed by atoms with E-state index in [1.165, 1.54) is 18.3 Å². The Morgan fingerprint density at radius 2 is 1.95 bits per heavy atom. The molecule has 2 aromatic carbocycles. The van der Waals surface area contributed by atoms with E-state index in [4.69, 9.17) is 0 Å². The number of nitrogens with one attached hydrogen (secondary N) is 1. The van der Waals surface area contributed by atoms with Gasteiger partial charge in [-0.3, -0.25) is 15.5 Å². The first-order valence-electron chi connectivity index (χ1n) is 5.89. The maximum Gasteiger partial charge on any atom is 0.311 e. The Hall–Kier alpha value is -2.89. The minimum atomic E-state index is -0.639. The molecule has 0 atom stereocenters. The molecule has 0 heterocycles. The van der Waals surface area contributed by atoms with Crippen LogP contribution in [0.2, 0.25) is 0 Å². The SMILES string of the molecule is Cc1ccc(N/N=C/c2ccc(O)c([N+](=O)[O-])c2)cc1. The van der Waals surface area contributed by atoms with E-state index >= 15 is 0 Å². The summed E-state index contributed by atoms with van der Waals surface area (Å²) in [5, 5.41) is 24.0. The Kier molecular flexibility index (Phi) is 3.95. The van der Waals surface area contributed by atoms with Gasteiger partial charge in [-0.05, 0) is 31.2 Å². The van der Waals surface area contributed by atoms with Gasteiger partial charge in [-0.25, -0.2) is 0 Å². The molecule has 2 N–H and O–H groups in total. The first-order valence-corrected chi connectivity index (χ1v) is 5.89. The van der Waals surface area contributed by atoms with Gasteiger partial charge >= 0.3 is 5.69 Å². The minimum Gasteiger partial charge on any atom is -0.502 e. The van der Waals surface area contributed by atoms with Crippen molar-refractivity contribution in [1.29, 1.82) is 0 Å². The molecule has 2 aromatic rings. The van der Waals surface area contributed by atoms with Gasteiger partial charge in [0.15, 0.2) is 5.75 Å². The molecule has 0 aliphatic rings. The molecule has 0 radical (unpaired) electrons. The van der Waals surface area contributed by atoms with Crippen molar-refractivity contribution >= 4 is 17.6 Å². The number of benzene rings is 2. The monoisotopic (exact) mass is 271 g/mol. The topological polar surface area (TPSA) is 87.8 Å². The molecule has 0 aliphatic carbocycles. The fourth-order valence-electron chi connectivity index (χ4n) is 1.58. The first-order chi connectivity index (χ1) is 9.56. The predicted octanol–water partition coefficient (Wildman–Crippen LogP) is 3.05. The van der Waals surface area contributed by atoms with Gasteiger partial charge in [0, 0.05) is 11.6 Å². The van der Waals surface area contributed by atoms with Crippen LogP contribution in [-0.4, -0.2) is 16.2 Å². The molecular weight excluding hydrogens is 258 g/mol. The molecule has 0 bridgehead atoms. The Balaban J connectivity index is 2.10. The normalized spacial score (nSPS) is 10.7. The van der Waals surface area contributed by atoms with Crippen LogP contribution in [0.4, 0.5) is 11.4 Å². The number of nitro groups is 1. The summed E-state index contributed by atoms with van der Waals surface area (Å²) in [5.41, 5.74) is 4.97. The van der Waals surface area contributed by atoms with Crippen LogP contribution in [0.3, 0.4) is 0 Å². The van der Waals surface area contributed by atoms with E-state index in [0.29, 0.717) is 5.56 Å². The van der Waals surface area contributed by atoms with Crippen molar-refractivity contribution in [2.45, 2.75) is 6.92 Å². The number of phenolic OH excluding ortho intramolecular Hbond substituents is 1. The van der Waals surface area contributed by atoms with Gasteiger partial charge in [0.05, 0.1) is 16.8 Å². The summed E-state index contributed by atoms with van der Waals surface area (Å²) >= 11 is 0. The van der Waals surface area contributed by atoms with Crippen LogP contribution >= 0.6 is 0 Å². The van der Waals surface area contributed by atoms with E-state index in [9.17, 15) is 15.2 Å². The standard InChI is InChI=1S/C14H13N3O3/c1-10-2-5-12(6-3-10)16-15-9-11-4-7-14(18)13(8-11)17(19)20/h2-9,16,18H,1H3/b15-9+. The number of aromatic hydroxyl groups is 1. The predicted molar refractivity (Wildman–Crippen MR) is 77.2 cm³/mol. The highest BCUT2D eigenvalue weighted by Crippen LogP contribution is 2.25. The number of rotatable bonds is 4. The highest BCUT2D eigenvalue weighted by molar-refractivity contribution is 5.82. The minimum absolute atomic E-state index is 0.343. The molecule has 0 amide bonds. The second kappa shape index (κ2) is 5.83. The summed E-state index contributed by atoms with van der Waals surface area (Å²) in [7, 11) is 0. The highest BCUT2D eigenvalue weighted by atomic mass is 16.6. The summed E-state index contributed by atoms with van der Waals surface area (Å²) in [6.07, 6.45) is 1.45. The van der Waals surface area contributed by atoms with Crippen LogP contribution in [0.1, 0.15) is 11.1 Å². The van der Waals surface area contributed by atoms with Crippen LogP contribution in [-0.2, 0) is 0 Å². The van der Waals surface area contributed by atoms with Crippen LogP contribution in [0.15, 0.2) is 47.6 Å². The molecule has 0 fully saturated rings. The molecule has 6 nitrogen and oxygen atoms in total. The molecule has 20 heavy (non-hydrogen) atoms. The van der Waals surface area contributed by atoms with Gasteiger partial charge in [0.1, 0.15) is 0 Å². The van der Waals surface area contributed by atoms with E-state index in [1.807, 2.05) is 31.2 Å². The largest absolute Gasteiger partial charge is 0.502 e. The number of anilines is 1. The van der Waals surface area contributed by atoms with Gasteiger partial charge in [0.25, 0.3) is 0 Å². The van der Waals surface area contributed by atoms with Gasteiger partial charge < -0.3 is 5.11 Å². The van der Waals surface area contributed by atoms with E-state index in [0.717, 1.165) is 11.3 Å². The van der Waals surface area contributed by atoms with Crippen molar-refractivity contribution in [2.24, 2.45) is 5.10 Å². The zero-order chi connectivity index (χ0) is 14.5. The van der Waals surface area contributed by atoms with Gasteiger partial charge in [-0.15, -0.1) is 0 Å². The lowest BCUT2D eigenvalue weighted by Crippen LogP contribution is -1.93. The molecular formula is C14H13N3O3. The van der Waals surface area contributed by atoms with E-state index in [-0.39, 0.29) is 11.4 Å². The fourth-order valence-corrected chi connectivity index (χ4v) is 1.58. The van der Waals surface area contributed by atoms with Crippen LogP contribution in [0.25, 0.3) is 0 Å². The van der Waals surface area contributed by atoms with Crippen LogP contribution < -0.4 is 5.43 Å². The van der Waals surface area contributed by atoms with Crippen LogP contribution in [0, 0.1) is 17.0 Å². The zero-order valence-electron chi connectivity index (χ0n) is 10.8. The van der Waals surface area contributed by atoms with E-state index in [1.54, 1.807) is 6.07 Å². The summed E-state index contributed by atoms with van der Waals surface area (Å²) < 4.78 is 0. The Bertz CT molecular complexity index is 651. The molecule has 6 heteroatoms. The zero-order valence-corrected chi connectivity index (χ0v) is 10.8. The molecule has 0 saturated heterocycles. The molecule has 0 unspecified atom stereocenters. The Morgan fingerprint density at radius 3 is 2.60 bits per heavy atom. The average Bonchev–Trinajstić information content (AvgIpc) is 2.42. The lowest BCUT2D eigenvalue weighted by atomic mass is 10.2. The van der Waals surface area contributed by atoms with Gasteiger partial charge in [0.2, 0.25) is 0 Å². The van der Waals surface area contributed by atoms with Gasteiger partial charge in [-0.1, -0.05) is 17.7 Å². The smallest absolute Gasteiger partial charge is 0.311 e. The number of nitrogens with zero attached hydrogens (tertiary/aromatic N) is 2. The van der Waals surface area contributed by atoms with Crippen LogP contribution in [0.5, 0.6) is 5.75 Å². The summed E-state index contributed by atoms with van der Waals surface area (Å²) in [5.74, 6) is -0.362. The first kappa shape index (κ1) is 13.5. The molecule has 0 spiro atoms. The fraction of sp³-hybridized carbons (Fsp3) is 0.0714. The van der Waals surface area contributed by atoms with Crippen molar-refractivity contribution < 1.29 is 10.0 Å². The maximum absolute atomic E-state index is 10.7. The molecule has 2 rings (SSSR count). The molecule has 0 saturated carbocycles. The number of hydrogen-bond donors (Lipinski definition) is 2. The quantitative estimate of drug-likeness (QED) is 0.508. The lowest BCUT2D eigenvalue weighted by Gasteiger charge is -2.00. The van der Waals surface area contributed by atoms with Crippen molar-refractivity contribution in [3.63, 3.8) is 0 Å². The van der Waals surface area contributed by atoms with E-state index in [2.05, 4.69) is 10.5 Å². The Labute approximate surface area is 115 Å². The van der Waals surface area contributed by atoms with Crippen molar-refractivity contribution in [1.82, 2.24) is 0 Å². The van der Waals surface area contributed by atoms with E-state index < -0.39 is 4.92 Å². The number of nitro benzene ring substituents is 1.